The van der Waals surface area contributed by atoms with Gasteiger partial charge in [-0.05, 0) is 0 Å². The normalized spacial score (nSPS) is 7.29. The second-order valence-electron chi connectivity index (χ2n) is 0.976. The Hall–Kier alpha value is 1.55. The fourth-order valence-electron chi connectivity index (χ4n) is 0.122. The summed E-state index contributed by atoms with van der Waals surface area (Å²) in [6, 6.07) is 0. The monoisotopic (exact) mass is 330 g/mol. The quantitative estimate of drug-likeness (QED) is 0.346. The van der Waals surface area contributed by atoms with Gasteiger partial charge >= 0.3 is 46.1 Å². The van der Waals surface area contributed by atoms with Crippen LogP contribution in [0.4, 0.5) is 0 Å². The largest absolute Gasteiger partial charge is 2.00 e. The van der Waals surface area contributed by atoms with Gasteiger partial charge in [-0.2, -0.15) is 0 Å². The Morgan fingerprint density at radius 3 is 0.706 bits per heavy atom. The van der Waals surface area contributed by atoms with Crippen LogP contribution in [0.3, 0.4) is 0 Å². The molecule has 17 heavy (non-hydrogen) atoms. The molecule has 0 saturated carbocycles. The van der Waals surface area contributed by atoms with Crippen molar-refractivity contribution in [1.82, 2.24) is 0 Å². The molecule has 0 heterocycles. The summed E-state index contributed by atoms with van der Waals surface area (Å²) in [5.41, 5.74) is 0. The van der Waals surface area contributed by atoms with E-state index in [2.05, 4.69) is 4.31 Å². The van der Waals surface area contributed by atoms with Crippen LogP contribution >= 0.6 is 15.6 Å². The summed E-state index contributed by atoms with van der Waals surface area (Å²) in [5.74, 6) is 0. The van der Waals surface area contributed by atoms with E-state index in [4.69, 9.17) is 0 Å². The first-order chi connectivity index (χ1) is 3.71. The Kier molecular flexibility index (Phi) is 83.7. The molecule has 0 aromatic heterocycles. The summed E-state index contributed by atoms with van der Waals surface area (Å²) in [6.45, 7) is 0. The molecule has 0 spiro atoms. The van der Waals surface area contributed by atoms with Gasteiger partial charge in [0.1, 0.15) is 0 Å². The summed E-state index contributed by atoms with van der Waals surface area (Å²) >= 11 is 0. The summed E-state index contributed by atoms with van der Waals surface area (Å²) in [5, 5.41) is 0. The molecule has 0 aliphatic heterocycles. The number of hydrogen-bond acceptors (Lipinski definition) is 7. The molecule has 0 rings (SSSR count). The van der Waals surface area contributed by atoms with Gasteiger partial charge in [-0.25, -0.2) is 0 Å². The first-order valence-electron chi connectivity index (χ1n) is 1.46. The van der Waals surface area contributed by atoms with Crippen molar-refractivity contribution in [3.8, 4) is 0 Å². The molecule has 0 atom stereocenters. The van der Waals surface area contributed by atoms with Crippen molar-refractivity contribution in [1.29, 1.82) is 0 Å². The van der Waals surface area contributed by atoms with Crippen molar-refractivity contribution in [2.24, 2.45) is 0 Å². The third-order valence-electron chi connectivity index (χ3n) is 0.200. The van der Waals surface area contributed by atoms with Crippen molar-refractivity contribution in [2.75, 3.05) is 0 Å². The minimum Gasteiger partial charge on any atom is -0.790 e. The van der Waals surface area contributed by atoms with Crippen LogP contribution in [0.2, 0.25) is 0 Å². The number of rotatable bonds is 2. The van der Waals surface area contributed by atoms with Crippen molar-refractivity contribution < 1.29 is 65.9 Å². The topological polar surface area (TPSA) is 325 Å². The van der Waals surface area contributed by atoms with E-state index in [1.807, 2.05) is 0 Å². The van der Waals surface area contributed by atoms with Gasteiger partial charge in [-0.15, -0.1) is 0 Å². The van der Waals surface area contributed by atoms with E-state index in [-0.39, 0.29) is 79.0 Å². The van der Waals surface area contributed by atoms with Gasteiger partial charge in [0.15, 0.2) is 0 Å². The van der Waals surface area contributed by atoms with Gasteiger partial charge in [0.2, 0.25) is 0 Å². The summed E-state index contributed by atoms with van der Waals surface area (Å²) in [4.78, 5) is 37.3. The van der Waals surface area contributed by atoms with E-state index in [9.17, 15) is 28.7 Å². The molecular formula is H12Mg2O13P2. The minimum absolute atomic E-state index is 0. The number of phosphoric acid groups is 2. The number of hydrogen-bond donors (Lipinski definition) is 0. The fraction of sp³-hybridized carbons (Fsp3) is 0. The molecule has 0 aromatic rings. The zero-order valence-corrected chi connectivity index (χ0v) is 12.8. The van der Waals surface area contributed by atoms with Gasteiger partial charge in [-0.1, -0.05) is 0 Å². The zero-order valence-electron chi connectivity index (χ0n) is 8.17. The van der Waals surface area contributed by atoms with E-state index in [1.165, 1.54) is 0 Å². The van der Waals surface area contributed by atoms with Gasteiger partial charge in [0, 0.05) is 0 Å². The maximum absolute atomic E-state index is 9.32. The van der Waals surface area contributed by atoms with Gasteiger partial charge in [-0.3, -0.25) is 0 Å². The van der Waals surface area contributed by atoms with Crippen molar-refractivity contribution in [3.05, 3.63) is 0 Å². The molecule has 0 saturated heterocycles. The van der Waals surface area contributed by atoms with Crippen LogP contribution in [0.15, 0.2) is 0 Å². The van der Waals surface area contributed by atoms with E-state index in [1.54, 1.807) is 0 Å². The molecule has 0 unspecified atom stereocenters. The molecular weight excluding hydrogens is 319 g/mol. The van der Waals surface area contributed by atoms with Gasteiger partial charge in [0.05, 0.1) is 15.6 Å². The molecule has 0 radical (unpaired) electrons. The van der Waals surface area contributed by atoms with E-state index in [0.29, 0.717) is 0 Å². The molecule has 0 aromatic carbocycles. The van der Waals surface area contributed by atoms with Crippen LogP contribution < -0.4 is 19.6 Å². The standard InChI is InChI=1S/2Mg.H4O7P2.6H2O/c;;1-8(2,3)7-9(4,5)6;;;;;;/h;;(H2,1,2,3)(H2,4,5,6);6*1H2/q2*+2;;;;;;;/p-4. The molecule has 13 nitrogen and oxygen atoms in total. The van der Waals surface area contributed by atoms with Crippen LogP contribution in [0.5, 0.6) is 0 Å². The Bertz CT molecular complexity index is 158. The molecule has 0 amide bonds. The van der Waals surface area contributed by atoms with E-state index >= 15 is 0 Å². The Labute approximate surface area is 127 Å². The Morgan fingerprint density at radius 1 is 0.588 bits per heavy atom. The van der Waals surface area contributed by atoms with E-state index in [0.717, 1.165) is 0 Å². The maximum atomic E-state index is 9.32. The smallest absolute Gasteiger partial charge is 0.790 e. The molecule has 0 fully saturated rings. The van der Waals surface area contributed by atoms with Crippen molar-refractivity contribution >= 4 is 61.8 Å². The van der Waals surface area contributed by atoms with Crippen molar-refractivity contribution in [3.63, 3.8) is 0 Å². The van der Waals surface area contributed by atoms with Crippen LogP contribution in [-0.4, -0.2) is 79.0 Å². The van der Waals surface area contributed by atoms with Crippen LogP contribution in [0, 0.1) is 0 Å². The van der Waals surface area contributed by atoms with E-state index < -0.39 is 15.6 Å². The summed E-state index contributed by atoms with van der Waals surface area (Å²) < 4.78 is 21.2. The van der Waals surface area contributed by atoms with Crippen molar-refractivity contribution in [2.45, 2.75) is 0 Å². The first-order valence-corrected chi connectivity index (χ1v) is 4.38. The molecule has 0 aliphatic carbocycles. The second-order valence-corrected chi connectivity index (χ2v) is 3.42. The second kappa shape index (κ2) is 22.7. The van der Waals surface area contributed by atoms with Gasteiger partial charge in [0.25, 0.3) is 0 Å². The molecule has 12 N–H and O–H groups in total. The average molecular weight is 331 g/mol. The molecule has 0 aliphatic rings. The maximum Gasteiger partial charge on any atom is 2.00 e. The third kappa shape index (κ3) is 74.4. The average Bonchev–Trinajstić information content (AvgIpc) is 1.14. The fourth-order valence-corrected chi connectivity index (χ4v) is 1.10. The third-order valence-corrected chi connectivity index (χ3v) is 1.80. The van der Waals surface area contributed by atoms with Crippen LogP contribution in [0.1, 0.15) is 0 Å². The Balaban J connectivity index is -0.0000000114. The van der Waals surface area contributed by atoms with Crippen LogP contribution in [0.25, 0.3) is 0 Å². The summed E-state index contributed by atoms with van der Waals surface area (Å²) in [7, 11) is -11.4. The predicted molar refractivity (Wildman–Crippen MR) is 49.5 cm³/mol. The summed E-state index contributed by atoms with van der Waals surface area (Å²) in [6.07, 6.45) is 0. The minimum atomic E-state index is -5.68. The SMILES string of the molecule is O.O.O.O.O.O.O=P([O-])([O-])OP(=O)([O-])[O-].[Mg+2].[Mg+2]. The predicted octanol–water partition coefficient (Wildman–Crippen LogP) is -9.05. The van der Waals surface area contributed by atoms with Gasteiger partial charge < -0.3 is 65.9 Å². The Morgan fingerprint density at radius 2 is 0.706 bits per heavy atom. The molecule has 17 heteroatoms. The zero-order chi connectivity index (χ0) is 7.71. The first kappa shape index (κ1) is 62.6. The molecule has 0 bridgehead atoms. The van der Waals surface area contributed by atoms with Crippen LogP contribution in [-0.2, 0) is 13.4 Å². The molecule has 104 valence electrons.